The Morgan fingerprint density at radius 2 is 2.05 bits per heavy atom. The van der Waals surface area contributed by atoms with Gasteiger partial charge in [-0.05, 0) is 24.3 Å². The van der Waals surface area contributed by atoms with Gasteiger partial charge in [-0.1, -0.05) is 18.2 Å². The van der Waals surface area contributed by atoms with E-state index < -0.39 is 17.3 Å². The number of benzene rings is 2. The molecule has 2 heterocycles. The third-order valence-corrected chi connectivity index (χ3v) is 4.83. The molecular weight excluding hydrogens is 300 g/mol. The van der Waals surface area contributed by atoms with Gasteiger partial charge in [0.25, 0.3) is 0 Å². The van der Waals surface area contributed by atoms with E-state index in [9.17, 15) is 9.35 Å². The van der Waals surface area contributed by atoms with E-state index in [0.717, 1.165) is 16.5 Å². The lowest BCUT2D eigenvalue weighted by Crippen LogP contribution is -2.19. The highest BCUT2D eigenvalue weighted by molar-refractivity contribution is 7.93. The molecule has 4 rings (SSSR count). The van der Waals surface area contributed by atoms with Crippen LogP contribution in [0.5, 0.6) is 0 Å². The highest BCUT2D eigenvalue weighted by atomic mass is 32.2. The first-order valence-corrected chi connectivity index (χ1v) is 7.74. The van der Waals surface area contributed by atoms with Gasteiger partial charge in [0.05, 0.1) is 11.1 Å². The van der Waals surface area contributed by atoms with Gasteiger partial charge in [-0.15, -0.1) is 0 Å². The van der Waals surface area contributed by atoms with Gasteiger partial charge in [0.15, 0.2) is 4.90 Å². The van der Waals surface area contributed by atoms with Crippen molar-refractivity contribution in [1.29, 1.82) is 0 Å². The minimum atomic E-state index is -1.44. The zero-order valence-corrected chi connectivity index (χ0v) is 12.1. The molecule has 0 spiro atoms. The van der Waals surface area contributed by atoms with Crippen LogP contribution in [0.3, 0.4) is 0 Å². The summed E-state index contributed by atoms with van der Waals surface area (Å²) in [5, 5.41) is 10.1. The molecule has 0 saturated heterocycles. The molecule has 0 bridgehead atoms. The number of carboxylic acid groups (broad SMARTS) is 1. The molecule has 1 aliphatic heterocycles. The van der Waals surface area contributed by atoms with E-state index in [1.165, 1.54) is 6.07 Å². The average molecular weight is 310 g/mol. The third-order valence-electron chi connectivity index (χ3n) is 3.69. The van der Waals surface area contributed by atoms with Gasteiger partial charge in [0, 0.05) is 22.7 Å². The van der Waals surface area contributed by atoms with Crippen molar-refractivity contribution >= 4 is 33.9 Å². The zero-order valence-electron chi connectivity index (χ0n) is 11.2. The Morgan fingerprint density at radius 1 is 1.18 bits per heavy atom. The van der Waals surface area contributed by atoms with Crippen molar-refractivity contribution in [3.05, 3.63) is 54.2 Å². The molecule has 0 saturated carbocycles. The molecule has 1 unspecified atom stereocenters. The molecule has 0 fully saturated rings. The Hall–Kier alpha value is -2.57. The van der Waals surface area contributed by atoms with Gasteiger partial charge in [0.2, 0.25) is 0 Å². The fraction of sp³-hybridized carbons (Fsp3) is 0. The lowest BCUT2D eigenvalue weighted by molar-refractivity contribution is 0.0697. The highest BCUT2D eigenvalue weighted by Gasteiger charge is 2.29. The van der Waals surface area contributed by atoms with Crippen molar-refractivity contribution in [3.63, 3.8) is 0 Å². The summed E-state index contributed by atoms with van der Waals surface area (Å²) < 4.78 is 15.4. The molecule has 6 heteroatoms. The van der Waals surface area contributed by atoms with Crippen LogP contribution < -0.4 is 4.72 Å². The summed E-state index contributed by atoms with van der Waals surface area (Å²) in [6, 6.07) is 12.2. The third kappa shape index (κ3) is 1.85. The molecule has 1 aromatic heterocycles. The van der Waals surface area contributed by atoms with Crippen LogP contribution in [0.2, 0.25) is 0 Å². The van der Waals surface area contributed by atoms with E-state index in [2.05, 4.69) is 9.71 Å². The van der Waals surface area contributed by atoms with E-state index in [-0.39, 0.29) is 5.56 Å². The van der Waals surface area contributed by atoms with Crippen molar-refractivity contribution in [2.45, 2.75) is 4.90 Å². The normalized spacial score (nSPS) is 15.8. The highest BCUT2D eigenvalue weighted by Crippen LogP contribution is 2.42. The van der Waals surface area contributed by atoms with Crippen LogP contribution in [0, 0.1) is 0 Å². The van der Waals surface area contributed by atoms with Gasteiger partial charge in [0.1, 0.15) is 17.0 Å². The minimum Gasteiger partial charge on any atom is -0.588 e. The number of carboxylic acids is 1. The van der Waals surface area contributed by atoms with Crippen molar-refractivity contribution in [3.8, 4) is 11.1 Å². The summed E-state index contributed by atoms with van der Waals surface area (Å²) in [5.41, 5.74) is 3.04. The molecule has 0 aliphatic carbocycles. The molecule has 3 aromatic rings. The molecule has 5 nitrogen and oxygen atoms in total. The Balaban J connectivity index is 2.04. The quantitative estimate of drug-likeness (QED) is 0.675. The van der Waals surface area contributed by atoms with E-state index in [0.29, 0.717) is 16.1 Å². The van der Waals surface area contributed by atoms with Crippen LogP contribution in [0.1, 0.15) is 10.4 Å². The van der Waals surface area contributed by atoms with Gasteiger partial charge in [-0.3, -0.25) is 4.98 Å². The standard InChI is InChI=1S/C16H10N2O3S/c19-16(20)10-4-6-13-12(8-10)11-5-3-9-2-1-7-17-14(9)15(11)18-22(13)21/h1-8,18H,(H,19,20). The number of rotatable bonds is 1. The monoisotopic (exact) mass is 310 g/mol. The van der Waals surface area contributed by atoms with Gasteiger partial charge < -0.3 is 9.66 Å². The fourth-order valence-corrected chi connectivity index (χ4v) is 3.72. The molecular formula is C16H10N2O3S. The second-order valence-corrected chi connectivity index (χ2v) is 6.13. The van der Waals surface area contributed by atoms with E-state index in [1.807, 2.05) is 24.3 Å². The molecule has 108 valence electrons. The maximum absolute atomic E-state index is 12.4. The first-order chi connectivity index (χ1) is 10.6. The number of nitrogens with zero attached hydrogens (tertiary/aromatic N) is 1. The second-order valence-electron chi connectivity index (χ2n) is 4.95. The number of carbonyl (C=O) groups is 1. The topological polar surface area (TPSA) is 85.3 Å². The van der Waals surface area contributed by atoms with Crippen LogP contribution in [-0.4, -0.2) is 20.6 Å². The lowest BCUT2D eigenvalue weighted by atomic mass is 9.99. The molecule has 1 aliphatic rings. The maximum atomic E-state index is 12.4. The molecule has 1 atom stereocenters. The van der Waals surface area contributed by atoms with Crippen molar-refractivity contribution in [2.24, 2.45) is 0 Å². The number of pyridine rings is 1. The van der Waals surface area contributed by atoms with Gasteiger partial charge in [-0.2, -0.15) is 0 Å². The van der Waals surface area contributed by atoms with Crippen LogP contribution in [0.4, 0.5) is 5.69 Å². The van der Waals surface area contributed by atoms with Crippen molar-refractivity contribution in [1.82, 2.24) is 4.98 Å². The Labute approximate surface area is 128 Å². The predicted molar refractivity (Wildman–Crippen MR) is 84.2 cm³/mol. The molecule has 0 amide bonds. The largest absolute Gasteiger partial charge is 0.588 e. The number of hydrogen-bond donors (Lipinski definition) is 2. The number of nitrogens with one attached hydrogen (secondary N) is 1. The number of fused-ring (bicyclic) bond motifs is 5. The fourth-order valence-electron chi connectivity index (χ4n) is 2.66. The Kier molecular flexibility index (Phi) is 2.82. The van der Waals surface area contributed by atoms with E-state index in [4.69, 9.17) is 5.11 Å². The number of hydrogen-bond acceptors (Lipinski definition) is 4. The maximum Gasteiger partial charge on any atom is 0.335 e. The minimum absolute atomic E-state index is 0.171. The van der Waals surface area contributed by atoms with Crippen LogP contribution in [0.25, 0.3) is 22.0 Å². The summed E-state index contributed by atoms with van der Waals surface area (Å²) in [6.07, 6.45) is 1.68. The van der Waals surface area contributed by atoms with E-state index in [1.54, 1.807) is 18.3 Å². The van der Waals surface area contributed by atoms with Gasteiger partial charge >= 0.3 is 5.97 Å². The summed E-state index contributed by atoms with van der Waals surface area (Å²) in [4.78, 5) is 16.1. The summed E-state index contributed by atoms with van der Waals surface area (Å²) in [7, 11) is 0. The smallest absolute Gasteiger partial charge is 0.335 e. The SMILES string of the molecule is O=C(O)c1ccc2c(c1)-c1ccc3cccnc3c1N[S+]2[O-]. The van der Waals surface area contributed by atoms with E-state index >= 15 is 0 Å². The van der Waals surface area contributed by atoms with Crippen LogP contribution in [-0.2, 0) is 11.4 Å². The molecule has 22 heavy (non-hydrogen) atoms. The Morgan fingerprint density at radius 3 is 2.86 bits per heavy atom. The average Bonchev–Trinajstić information content (AvgIpc) is 2.54. The molecule has 2 aromatic carbocycles. The molecule has 0 radical (unpaired) electrons. The number of aromatic carboxylic acids is 1. The first-order valence-electron chi connectivity index (χ1n) is 6.59. The van der Waals surface area contributed by atoms with Gasteiger partial charge in [-0.25, -0.2) is 9.52 Å². The Bertz CT molecular complexity index is 926. The predicted octanol–water partition coefficient (Wildman–Crippen LogP) is 3.05. The number of anilines is 1. The number of aromatic nitrogens is 1. The lowest BCUT2D eigenvalue weighted by Gasteiger charge is -2.23. The van der Waals surface area contributed by atoms with Crippen LogP contribution in [0.15, 0.2) is 53.6 Å². The summed E-state index contributed by atoms with van der Waals surface area (Å²) in [6.45, 7) is 0. The van der Waals surface area contributed by atoms with Crippen molar-refractivity contribution < 1.29 is 14.5 Å². The first kappa shape index (κ1) is 13.1. The molecule has 2 N–H and O–H groups in total. The second kappa shape index (κ2) is 4.72. The summed E-state index contributed by atoms with van der Waals surface area (Å²) >= 11 is -1.44. The van der Waals surface area contributed by atoms with Crippen molar-refractivity contribution in [2.75, 3.05) is 4.72 Å². The zero-order chi connectivity index (χ0) is 15.3. The van der Waals surface area contributed by atoms with Crippen LogP contribution >= 0.6 is 0 Å². The summed E-state index contributed by atoms with van der Waals surface area (Å²) in [5.74, 6) is -1.01.